The summed E-state index contributed by atoms with van der Waals surface area (Å²) in [5.74, 6) is 0.673. The van der Waals surface area contributed by atoms with Gasteiger partial charge in [-0.05, 0) is 35.7 Å². The van der Waals surface area contributed by atoms with Crippen LogP contribution >= 0.6 is 11.3 Å². The first-order valence-corrected chi connectivity index (χ1v) is 10.8. The van der Waals surface area contributed by atoms with Crippen LogP contribution in [0.3, 0.4) is 0 Å². The van der Waals surface area contributed by atoms with E-state index in [0.29, 0.717) is 30.8 Å². The Morgan fingerprint density at radius 3 is 2.67 bits per heavy atom. The van der Waals surface area contributed by atoms with Gasteiger partial charge in [0.15, 0.2) is 0 Å². The number of nitrogens with zero attached hydrogens (tertiary/aromatic N) is 3. The van der Waals surface area contributed by atoms with Crippen molar-refractivity contribution >= 4 is 28.3 Å². The van der Waals surface area contributed by atoms with Gasteiger partial charge >= 0.3 is 0 Å². The molecule has 30 heavy (non-hydrogen) atoms. The van der Waals surface area contributed by atoms with Crippen LogP contribution in [0, 0.1) is 5.82 Å². The molecule has 5 rings (SSSR count). The second-order valence-corrected chi connectivity index (χ2v) is 8.40. The molecule has 1 aliphatic heterocycles. The Morgan fingerprint density at radius 1 is 1.07 bits per heavy atom. The first kappa shape index (κ1) is 19.0. The van der Waals surface area contributed by atoms with Gasteiger partial charge in [-0.15, -0.1) is 11.3 Å². The number of nitrogens with one attached hydrogen (secondary N) is 1. The summed E-state index contributed by atoms with van der Waals surface area (Å²) in [5, 5.41) is 2.02. The normalized spacial score (nSPS) is 15.0. The third-order valence-corrected chi connectivity index (χ3v) is 6.37. The van der Waals surface area contributed by atoms with Crippen molar-refractivity contribution < 1.29 is 9.18 Å². The highest BCUT2D eigenvalue weighted by atomic mass is 32.1. The van der Waals surface area contributed by atoms with E-state index < -0.39 is 0 Å². The van der Waals surface area contributed by atoms with E-state index in [1.54, 1.807) is 17.4 Å². The molecule has 2 aromatic carbocycles. The molecule has 0 unspecified atom stereocenters. The van der Waals surface area contributed by atoms with Gasteiger partial charge in [0.05, 0.1) is 15.9 Å². The standard InChI is InChI=1S/C23H21FN4OS/c24-18-5-2-1-4-17(18)15-27-9-11-28(12-10-27)23(29)16-7-8-19-20(14-16)26-22(25-19)21-6-3-13-30-21/h1-8,13-14H,9-12,15H2,(H,25,26). The Balaban J connectivity index is 1.26. The highest BCUT2D eigenvalue weighted by Crippen LogP contribution is 2.25. The minimum atomic E-state index is -0.175. The molecule has 5 nitrogen and oxygen atoms in total. The number of amides is 1. The molecule has 0 spiro atoms. The smallest absolute Gasteiger partial charge is 0.254 e. The number of benzene rings is 2. The van der Waals surface area contributed by atoms with Gasteiger partial charge in [-0.3, -0.25) is 9.69 Å². The Kier molecular flexibility index (Phi) is 5.06. The molecule has 4 aromatic rings. The van der Waals surface area contributed by atoms with Crippen LogP contribution in [0.1, 0.15) is 15.9 Å². The second kappa shape index (κ2) is 8.01. The Bertz CT molecular complexity index is 1180. The molecule has 1 saturated heterocycles. The molecular weight excluding hydrogens is 399 g/mol. The number of halogens is 1. The number of aromatic nitrogens is 2. The monoisotopic (exact) mass is 420 g/mol. The molecule has 3 heterocycles. The van der Waals surface area contributed by atoms with Crippen LogP contribution in [0.2, 0.25) is 0 Å². The summed E-state index contributed by atoms with van der Waals surface area (Å²) in [4.78, 5) is 26.1. The van der Waals surface area contributed by atoms with E-state index in [1.165, 1.54) is 6.07 Å². The number of rotatable bonds is 4. The number of carbonyl (C=O) groups excluding carboxylic acids is 1. The van der Waals surface area contributed by atoms with E-state index >= 15 is 0 Å². The summed E-state index contributed by atoms with van der Waals surface area (Å²) in [6, 6.07) is 16.5. The second-order valence-electron chi connectivity index (χ2n) is 7.45. The van der Waals surface area contributed by atoms with Crippen molar-refractivity contribution in [3.8, 4) is 10.7 Å². The fourth-order valence-corrected chi connectivity index (χ4v) is 4.50. The van der Waals surface area contributed by atoms with Gasteiger partial charge in [0.25, 0.3) is 5.91 Å². The van der Waals surface area contributed by atoms with Gasteiger partial charge in [-0.2, -0.15) is 0 Å². The Morgan fingerprint density at radius 2 is 1.90 bits per heavy atom. The average Bonchev–Trinajstić information content (AvgIpc) is 3.44. The highest BCUT2D eigenvalue weighted by molar-refractivity contribution is 7.13. The van der Waals surface area contributed by atoms with Crippen molar-refractivity contribution in [1.29, 1.82) is 0 Å². The molecule has 1 N–H and O–H groups in total. The van der Waals surface area contributed by atoms with Gasteiger partial charge in [0.2, 0.25) is 0 Å². The number of hydrogen-bond acceptors (Lipinski definition) is 4. The van der Waals surface area contributed by atoms with Crippen molar-refractivity contribution in [2.45, 2.75) is 6.54 Å². The summed E-state index contributed by atoms with van der Waals surface area (Å²) < 4.78 is 13.9. The Labute approximate surface area is 177 Å². The minimum absolute atomic E-state index is 0.0229. The van der Waals surface area contributed by atoms with Crippen molar-refractivity contribution in [3.63, 3.8) is 0 Å². The van der Waals surface area contributed by atoms with Crippen LogP contribution in [0.25, 0.3) is 21.7 Å². The highest BCUT2D eigenvalue weighted by Gasteiger charge is 2.23. The number of aromatic amines is 1. The first-order chi connectivity index (χ1) is 14.7. The van der Waals surface area contributed by atoms with Gasteiger partial charge < -0.3 is 9.88 Å². The molecule has 0 aliphatic carbocycles. The lowest BCUT2D eigenvalue weighted by atomic mass is 10.1. The molecule has 1 aliphatic rings. The van der Waals surface area contributed by atoms with E-state index in [0.717, 1.165) is 34.8 Å². The van der Waals surface area contributed by atoms with Gasteiger partial charge in [-0.25, -0.2) is 9.37 Å². The largest absolute Gasteiger partial charge is 0.337 e. The number of piperazine rings is 1. The molecule has 0 bridgehead atoms. The fourth-order valence-electron chi connectivity index (χ4n) is 3.83. The van der Waals surface area contributed by atoms with Crippen LogP contribution in [0.4, 0.5) is 4.39 Å². The summed E-state index contributed by atoms with van der Waals surface area (Å²) >= 11 is 1.63. The molecule has 2 aromatic heterocycles. The van der Waals surface area contributed by atoms with Crippen LogP contribution in [-0.2, 0) is 6.54 Å². The zero-order valence-electron chi connectivity index (χ0n) is 16.3. The molecule has 1 fully saturated rings. The number of H-pyrrole nitrogens is 1. The van der Waals surface area contributed by atoms with Gasteiger partial charge in [0, 0.05) is 43.9 Å². The minimum Gasteiger partial charge on any atom is -0.337 e. The topological polar surface area (TPSA) is 52.2 Å². The Hall–Kier alpha value is -3.03. The van der Waals surface area contributed by atoms with E-state index in [-0.39, 0.29) is 11.7 Å². The van der Waals surface area contributed by atoms with Crippen molar-refractivity contribution in [3.05, 3.63) is 76.9 Å². The maximum Gasteiger partial charge on any atom is 0.254 e. The van der Waals surface area contributed by atoms with E-state index in [9.17, 15) is 9.18 Å². The maximum absolute atomic E-state index is 13.9. The number of fused-ring (bicyclic) bond motifs is 1. The number of carbonyl (C=O) groups is 1. The SMILES string of the molecule is O=C(c1ccc2nc(-c3cccs3)[nH]c2c1)N1CCN(Cc2ccccc2F)CC1. The number of imidazole rings is 1. The lowest BCUT2D eigenvalue weighted by molar-refractivity contribution is 0.0627. The summed E-state index contributed by atoms with van der Waals surface area (Å²) in [7, 11) is 0. The van der Waals surface area contributed by atoms with E-state index in [4.69, 9.17) is 0 Å². The summed E-state index contributed by atoms with van der Waals surface area (Å²) in [6.45, 7) is 3.30. The molecule has 152 valence electrons. The number of hydrogen-bond donors (Lipinski definition) is 1. The molecule has 7 heteroatoms. The maximum atomic E-state index is 13.9. The van der Waals surface area contributed by atoms with Crippen LogP contribution in [0.5, 0.6) is 0 Å². The lowest BCUT2D eigenvalue weighted by Crippen LogP contribution is -2.48. The van der Waals surface area contributed by atoms with Crippen molar-refractivity contribution in [2.75, 3.05) is 26.2 Å². The molecule has 0 atom stereocenters. The summed E-state index contributed by atoms with van der Waals surface area (Å²) in [5.41, 5.74) is 3.07. The zero-order valence-corrected chi connectivity index (χ0v) is 17.2. The average molecular weight is 421 g/mol. The number of thiophene rings is 1. The van der Waals surface area contributed by atoms with Crippen LogP contribution < -0.4 is 0 Å². The van der Waals surface area contributed by atoms with Crippen molar-refractivity contribution in [1.82, 2.24) is 19.8 Å². The molecule has 1 amide bonds. The lowest BCUT2D eigenvalue weighted by Gasteiger charge is -2.34. The van der Waals surface area contributed by atoms with Gasteiger partial charge in [-0.1, -0.05) is 24.3 Å². The van der Waals surface area contributed by atoms with E-state index in [1.807, 2.05) is 52.7 Å². The third-order valence-electron chi connectivity index (χ3n) is 5.49. The predicted molar refractivity (Wildman–Crippen MR) is 117 cm³/mol. The zero-order chi connectivity index (χ0) is 20.5. The van der Waals surface area contributed by atoms with Crippen molar-refractivity contribution in [2.24, 2.45) is 0 Å². The molecule has 0 saturated carbocycles. The van der Waals surface area contributed by atoms with E-state index in [2.05, 4.69) is 14.9 Å². The van der Waals surface area contributed by atoms with Gasteiger partial charge in [0.1, 0.15) is 11.6 Å². The first-order valence-electron chi connectivity index (χ1n) is 9.96. The van der Waals surface area contributed by atoms with Crippen LogP contribution in [-0.4, -0.2) is 51.9 Å². The van der Waals surface area contributed by atoms with Crippen LogP contribution in [0.15, 0.2) is 60.0 Å². The fraction of sp³-hybridized carbons (Fsp3) is 0.217. The molecular formula is C23H21FN4OS. The molecule has 0 radical (unpaired) electrons. The predicted octanol–water partition coefficient (Wildman–Crippen LogP) is 4.39. The summed E-state index contributed by atoms with van der Waals surface area (Å²) in [6.07, 6.45) is 0. The third kappa shape index (κ3) is 3.74. The quantitative estimate of drug-likeness (QED) is 0.533.